The summed E-state index contributed by atoms with van der Waals surface area (Å²) in [5.41, 5.74) is 0.439. The summed E-state index contributed by atoms with van der Waals surface area (Å²) in [5, 5.41) is 18.3. The Bertz CT molecular complexity index is 286. The lowest BCUT2D eigenvalue weighted by Crippen LogP contribution is -1.90. The molecule has 66 valence electrons. The van der Waals surface area contributed by atoms with E-state index in [0.717, 1.165) is 0 Å². The predicted octanol–water partition coefficient (Wildman–Crippen LogP) is 1.66. The summed E-state index contributed by atoms with van der Waals surface area (Å²) in [4.78, 5) is 0. The summed E-state index contributed by atoms with van der Waals surface area (Å²) < 4.78 is 5.53. The van der Waals surface area contributed by atoms with Gasteiger partial charge in [-0.1, -0.05) is 15.9 Å². The summed E-state index contributed by atoms with van der Waals surface area (Å²) in [6.07, 6.45) is 0. The Morgan fingerprint density at radius 2 is 2.17 bits per heavy atom. The van der Waals surface area contributed by atoms with Crippen molar-refractivity contribution in [3.8, 4) is 11.5 Å². The molecule has 1 aromatic carbocycles. The molecular formula is C8H9BrO3. The van der Waals surface area contributed by atoms with Crippen LogP contribution in [0.4, 0.5) is 0 Å². The van der Waals surface area contributed by atoms with Crippen molar-refractivity contribution in [2.45, 2.75) is 6.61 Å². The molecule has 3 nitrogen and oxygen atoms in total. The summed E-state index contributed by atoms with van der Waals surface area (Å²) in [5.74, 6) is 0.344. The highest BCUT2D eigenvalue weighted by Gasteiger charge is 2.09. The van der Waals surface area contributed by atoms with Crippen LogP contribution in [-0.2, 0) is 6.61 Å². The number of hydrogen-bond acceptors (Lipinski definition) is 3. The smallest absolute Gasteiger partial charge is 0.164 e. The van der Waals surface area contributed by atoms with Gasteiger partial charge in [0.2, 0.25) is 0 Å². The first-order chi connectivity index (χ1) is 5.70. The SMILES string of the molecule is COc1ccc(Br)c(CO)c1O. The fourth-order valence-electron chi connectivity index (χ4n) is 0.905. The quantitative estimate of drug-likeness (QED) is 0.816. The average Bonchev–Trinajstić information content (AvgIpc) is 2.06. The van der Waals surface area contributed by atoms with E-state index in [2.05, 4.69) is 15.9 Å². The Balaban J connectivity index is 3.24. The highest BCUT2D eigenvalue weighted by Crippen LogP contribution is 2.34. The number of ether oxygens (including phenoxy) is 1. The Labute approximate surface area is 78.7 Å². The van der Waals surface area contributed by atoms with Crippen molar-refractivity contribution in [2.24, 2.45) is 0 Å². The maximum atomic E-state index is 9.45. The third-order valence-corrected chi connectivity index (χ3v) is 2.31. The summed E-state index contributed by atoms with van der Waals surface area (Å²) in [6.45, 7) is -0.219. The van der Waals surface area contributed by atoms with Crippen LogP contribution in [0.2, 0.25) is 0 Å². The molecule has 0 unspecified atom stereocenters. The van der Waals surface area contributed by atoms with Crippen molar-refractivity contribution in [3.63, 3.8) is 0 Å². The molecule has 12 heavy (non-hydrogen) atoms. The van der Waals surface area contributed by atoms with Crippen LogP contribution in [0.1, 0.15) is 5.56 Å². The van der Waals surface area contributed by atoms with Gasteiger partial charge in [-0.3, -0.25) is 0 Å². The largest absolute Gasteiger partial charge is 0.504 e. The van der Waals surface area contributed by atoms with Crippen molar-refractivity contribution < 1.29 is 14.9 Å². The normalized spacial score (nSPS) is 9.92. The molecule has 0 saturated carbocycles. The Hall–Kier alpha value is -0.740. The Morgan fingerprint density at radius 3 is 2.67 bits per heavy atom. The number of phenols is 1. The highest BCUT2D eigenvalue weighted by atomic mass is 79.9. The second-order valence-corrected chi connectivity index (χ2v) is 3.09. The van der Waals surface area contributed by atoms with E-state index in [1.54, 1.807) is 12.1 Å². The van der Waals surface area contributed by atoms with Crippen LogP contribution >= 0.6 is 15.9 Å². The van der Waals surface area contributed by atoms with Gasteiger partial charge in [0.05, 0.1) is 13.7 Å². The first kappa shape index (κ1) is 9.35. The molecular weight excluding hydrogens is 224 g/mol. The lowest BCUT2D eigenvalue weighted by atomic mass is 10.2. The van der Waals surface area contributed by atoms with E-state index < -0.39 is 0 Å². The standard InChI is InChI=1S/C8H9BrO3/c1-12-7-3-2-6(9)5(4-10)8(7)11/h2-3,10-11H,4H2,1H3. The molecule has 0 aliphatic carbocycles. The lowest BCUT2D eigenvalue weighted by Gasteiger charge is -2.08. The van der Waals surface area contributed by atoms with Crippen LogP contribution in [0.5, 0.6) is 11.5 Å². The molecule has 4 heteroatoms. The number of hydrogen-bond donors (Lipinski definition) is 2. The Kier molecular flexibility index (Phi) is 2.94. The van der Waals surface area contributed by atoms with Crippen molar-refractivity contribution >= 4 is 15.9 Å². The van der Waals surface area contributed by atoms with Gasteiger partial charge >= 0.3 is 0 Å². The summed E-state index contributed by atoms with van der Waals surface area (Å²) >= 11 is 3.20. The molecule has 0 amide bonds. The number of halogens is 1. The van der Waals surface area contributed by atoms with Gasteiger partial charge in [-0.2, -0.15) is 0 Å². The van der Waals surface area contributed by atoms with Crippen LogP contribution in [0.3, 0.4) is 0 Å². The van der Waals surface area contributed by atoms with Gasteiger partial charge in [-0.15, -0.1) is 0 Å². The third-order valence-electron chi connectivity index (χ3n) is 1.57. The molecule has 0 aliphatic rings. The first-order valence-electron chi connectivity index (χ1n) is 3.36. The molecule has 0 radical (unpaired) electrons. The maximum Gasteiger partial charge on any atom is 0.164 e. The molecule has 0 aliphatic heterocycles. The van der Waals surface area contributed by atoms with Crippen molar-refractivity contribution in [2.75, 3.05) is 7.11 Å². The van der Waals surface area contributed by atoms with Crippen molar-refractivity contribution in [3.05, 3.63) is 22.2 Å². The minimum atomic E-state index is -0.219. The van der Waals surface area contributed by atoms with E-state index in [1.165, 1.54) is 7.11 Å². The van der Waals surface area contributed by atoms with Gasteiger partial charge < -0.3 is 14.9 Å². The van der Waals surface area contributed by atoms with Crippen LogP contribution in [0.15, 0.2) is 16.6 Å². The van der Waals surface area contributed by atoms with E-state index in [-0.39, 0.29) is 12.4 Å². The summed E-state index contributed by atoms with van der Waals surface area (Å²) in [7, 11) is 1.46. The fraction of sp³-hybridized carbons (Fsp3) is 0.250. The van der Waals surface area contributed by atoms with E-state index in [1.807, 2.05) is 0 Å². The van der Waals surface area contributed by atoms with Gasteiger partial charge in [0.25, 0.3) is 0 Å². The van der Waals surface area contributed by atoms with Gasteiger partial charge in [-0.25, -0.2) is 0 Å². The monoisotopic (exact) mass is 232 g/mol. The average molecular weight is 233 g/mol. The zero-order valence-electron chi connectivity index (χ0n) is 6.54. The second-order valence-electron chi connectivity index (χ2n) is 2.23. The number of aliphatic hydroxyl groups excluding tert-OH is 1. The number of rotatable bonds is 2. The maximum absolute atomic E-state index is 9.45. The number of aromatic hydroxyl groups is 1. The molecule has 1 aromatic rings. The van der Waals surface area contributed by atoms with E-state index in [4.69, 9.17) is 9.84 Å². The van der Waals surface area contributed by atoms with Crippen molar-refractivity contribution in [1.82, 2.24) is 0 Å². The molecule has 0 spiro atoms. The number of benzene rings is 1. The Morgan fingerprint density at radius 1 is 1.50 bits per heavy atom. The van der Waals surface area contributed by atoms with Gasteiger partial charge in [0, 0.05) is 10.0 Å². The fourth-order valence-corrected chi connectivity index (χ4v) is 1.35. The van der Waals surface area contributed by atoms with Crippen LogP contribution in [0, 0.1) is 0 Å². The minimum absolute atomic E-state index is 0.0191. The van der Waals surface area contributed by atoms with Gasteiger partial charge in [-0.05, 0) is 12.1 Å². The van der Waals surface area contributed by atoms with E-state index in [9.17, 15) is 5.11 Å². The lowest BCUT2D eigenvalue weighted by molar-refractivity contribution is 0.271. The highest BCUT2D eigenvalue weighted by molar-refractivity contribution is 9.10. The summed E-state index contributed by atoms with van der Waals surface area (Å²) in [6, 6.07) is 3.34. The minimum Gasteiger partial charge on any atom is -0.504 e. The predicted molar refractivity (Wildman–Crippen MR) is 48.3 cm³/mol. The topological polar surface area (TPSA) is 49.7 Å². The van der Waals surface area contributed by atoms with E-state index in [0.29, 0.717) is 15.8 Å². The molecule has 0 aromatic heterocycles. The first-order valence-corrected chi connectivity index (χ1v) is 4.15. The zero-order valence-corrected chi connectivity index (χ0v) is 8.13. The number of aliphatic hydroxyl groups is 1. The molecule has 1 rings (SSSR count). The molecule has 0 fully saturated rings. The second kappa shape index (κ2) is 3.78. The molecule has 0 saturated heterocycles. The van der Waals surface area contributed by atoms with Crippen LogP contribution in [-0.4, -0.2) is 17.3 Å². The van der Waals surface area contributed by atoms with Gasteiger partial charge in [0.1, 0.15) is 0 Å². The third kappa shape index (κ3) is 1.54. The van der Waals surface area contributed by atoms with Crippen molar-refractivity contribution in [1.29, 1.82) is 0 Å². The molecule has 0 bridgehead atoms. The molecule has 2 N–H and O–H groups in total. The van der Waals surface area contributed by atoms with E-state index >= 15 is 0 Å². The number of methoxy groups -OCH3 is 1. The van der Waals surface area contributed by atoms with Crippen LogP contribution in [0.25, 0.3) is 0 Å². The van der Waals surface area contributed by atoms with Gasteiger partial charge in [0.15, 0.2) is 11.5 Å². The molecule has 0 atom stereocenters. The van der Waals surface area contributed by atoms with Crippen LogP contribution < -0.4 is 4.74 Å². The zero-order chi connectivity index (χ0) is 9.14. The molecule has 0 heterocycles.